The van der Waals surface area contributed by atoms with Crippen molar-refractivity contribution < 1.29 is 4.79 Å². The van der Waals surface area contributed by atoms with Crippen molar-refractivity contribution in [1.29, 1.82) is 0 Å². The van der Waals surface area contributed by atoms with Gasteiger partial charge in [0.15, 0.2) is 0 Å². The lowest BCUT2D eigenvalue weighted by atomic mass is 10.1. The van der Waals surface area contributed by atoms with Crippen molar-refractivity contribution in [2.75, 3.05) is 0 Å². The molecule has 1 aliphatic carbocycles. The number of rotatable bonds is 4. The maximum atomic E-state index is 11.5. The van der Waals surface area contributed by atoms with Gasteiger partial charge in [-0.25, -0.2) is 0 Å². The lowest BCUT2D eigenvalue weighted by molar-refractivity contribution is -0.123. The Morgan fingerprint density at radius 2 is 2.15 bits per heavy atom. The molecule has 0 unspecified atom stereocenters. The van der Waals surface area contributed by atoms with E-state index in [0.29, 0.717) is 6.04 Å². The van der Waals surface area contributed by atoms with Gasteiger partial charge in [0.2, 0.25) is 5.91 Å². The van der Waals surface area contributed by atoms with Crippen LogP contribution in [0.5, 0.6) is 0 Å². The molecule has 3 heteroatoms. The van der Waals surface area contributed by atoms with Crippen molar-refractivity contribution in [2.24, 2.45) is 5.73 Å². The predicted octanol–water partition coefficient (Wildman–Crippen LogP) is 1.17. The van der Waals surface area contributed by atoms with E-state index in [2.05, 4.69) is 5.32 Å². The zero-order chi connectivity index (χ0) is 9.68. The van der Waals surface area contributed by atoms with E-state index in [1.807, 2.05) is 6.92 Å². The Bertz CT molecular complexity index is 164. The van der Waals surface area contributed by atoms with E-state index < -0.39 is 0 Å². The first-order chi connectivity index (χ1) is 6.24. The Morgan fingerprint density at radius 3 is 2.69 bits per heavy atom. The minimum absolute atomic E-state index is 0.0359. The van der Waals surface area contributed by atoms with Crippen LogP contribution in [0.15, 0.2) is 0 Å². The second-order valence-corrected chi connectivity index (χ2v) is 3.89. The third-order valence-electron chi connectivity index (χ3n) is 2.64. The minimum atomic E-state index is -0.300. The van der Waals surface area contributed by atoms with E-state index in [-0.39, 0.29) is 11.9 Å². The quantitative estimate of drug-likeness (QED) is 0.689. The fourth-order valence-electron chi connectivity index (χ4n) is 1.82. The van der Waals surface area contributed by atoms with E-state index in [1.165, 1.54) is 12.8 Å². The fourth-order valence-corrected chi connectivity index (χ4v) is 1.82. The average Bonchev–Trinajstić information content (AvgIpc) is 2.57. The summed E-state index contributed by atoms with van der Waals surface area (Å²) in [6.45, 7) is 2.04. The molecule has 1 rings (SSSR count). The number of carbonyl (C=O) groups is 1. The summed E-state index contributed by atoms with van der Waals surface area (Å²) in [7, 11) is 0. The smallest absolute Gasteiger partial charge is 0.237 e. The Kier molecular flexibility index (Phi) is 4.22. The molecule has 3 nitrogen and oxygen atoms in total. The first-order valence-electron chi connectivity index (χ1n) is 5.30. The SMILES string of the molecule is CCC[C@H](N)C(=O)NC1CCCC1. The maximum Gasteiger partial charge on any atom is 0.237 e. The Hall–Kier alpha value is -0.570. The highest BCUT2D eigenvalue weighted by atomic mass is 16.2. The molecule has 1 amide bonds. The summed E-state index contributed by atoms with van der Waals surface area (Å²) in [5.41, 5.74) is 5.69. The van der Waals surface area contributed by atoms with Crippen LogP contribution in [-0.2, 0) is 4.79 Å². The van der Waals surface area contributed by atoms with E-state index in [0.717, 1.165) is 25.7 Å². The van der Waals surface area contributed by atoms with Crippen LogP contribution in [-0.4, -0.2) is 18.0 Å². The molecule has 13 heavy (non-hydrogen) atoms. The number of hydrogen-bond donors (Lipinski definition) is 2. The van der Waals surface area contributed by atoms with E-state index in [1.54, 1.807) is 0 Å². The summed E-state index contributed by atoms with van der Waals surface area (Å²) in [6, 6.07) is 0.0982. The van der Waals surface area contributed by atoms with E-state index in [4.69, 9.17) is 5.73 Å². The van der Waals surface area contributed by atoms with Gasteiger partial charge in [-0.2, -0.15) is 0 Å². The zero-order valence-corrected chi connectivity index (χ0v) is 8.38. The molecule has 0 spiro atoms. The van der Waals surface area contributed by atoms with E-state index >= 15 is 0 Å². The molecule has 1 saturated carbocycles. The van der Waals surface area contributed by atoms with Crippen LogP contribution in [0.3, 0.4) is 0 Å². The normalized spacial score (nSPS) is 20.2. The van der Waals surface area contributed by atoms with Crippen molar-refractivity contribution >= 4 is 5.91 Å². The van der Waals surface area contributed by atoms with Gasteiger partial charge >= 0.3 is 0 Å². The molecule has 1 fully saturated rings. The van der Waals surface area contributed by atoms with Crippen molar-refractivity contribution in [2.45, 2.75) is 57.5 Å². The van der Waals surface area contributed by atoms with Crippen molar-refractivity contribution in [3.63, 3.8) is 0 Å². The molecule has 0 aromatic carbocycles. The van der Waals surface area contributed by atoms with Gasteiger partial charge < -0.3 is 11.1 Å². The van der Waals surface area contributed by atoms with Gasteiger partial charge in [-0.05, 0) is 19.3 Å². The summed E-state index contributed by atoms with van der Waals surface area (Å²) in [6.07, 6.45) is 6.51. The summed E-state index contributed by atoms with van der Waals surface area (Å²) < 4.78 is 0. The van der Waals surface area contributed by atoms with Gasteiger partial charge in [0.1, 0.15) is 0 Å². The standard InChI is InChI=1S/C10H20N2O/c1-2-5-9(11)10(13)12-8-6-3-4-7-8/h8-9H,2-7,11H2,1H3,(H,12,13)/t9-/m0/s1. The second kappa shape index (κ2) is 5.22. The van der Waals surface area contributed by atoms with Crippen LogP contribution in [0.2, 0.25) is 0 Å². The molecule has 0 aliphatic heterocycles. The summed E-state index contributed by atoms with van der Waals surface area (Å²) in [5, 5.41) is 3.00. The lowest BCUT2D eigenvalue weighted by Gasteiger charge is -2.15. The molecule has 1 aliphatic rings. The molecule has 3 N–H and O–H groups in total. The Balaban J connectivity index is 2.22. The van der Waals surface area contributed by atoms with E-state index in [9.17, 15) is 4.79 Å². The third kappa shape index (κ3) is 3.35. The molecule has 0 aromatic rings. The Morgan fingerprint density at radius 1 is 1.54 bits per heavy atom. The largest absolute Gasteiger partial charge is 0.352 e. The minimum Gasteiger partial charge on any atom is -0.352 e. The highest BCUT2D eigenvalue weighted by Crippen LogP contribution is 2.17. The summed E-state index contributed by atoms with van der Waals surface area (Å²) in [4.78, 5) is 11.5. The highest BCUT2D eigenvalue weighted by Gasteiger charge is 2.19. The predicted molar refractivity (Wildman–Crippen MR) is 53.3 cm³/mol. The number of nitrogens with two attached hydrogens (primary N) is 1. The lowest BCUT2D eigenvalue weighted by Crippen LogP contribution is -2.44. The second-order valence-electron chi connectivity index (χ2n) is 3.89. The average molecular weight is 184 g/mol. The topological polar surface area (TPSA) is 55.1 Å². The van der Waals surface area contributed by atoms with Gasteiger partial charge in [0.25, 0.3) is 0 Å². The van der Waals surface area contributed by atoms with Gasteiger partial charge in [0, 0.05) is 6.04 Å². The Labute approximate surface area is 80.1 Å². The van der Waals surface area contributed by atoms with Crippen molar-refractivity contribution in [3.8, 4) is 0 Å². The number of hydrogen-bond acceptors (Lipinski definition) is 2. The van der Waals surface area contributed by atoms with Crippen molar-refractivity contribution in [3.05, 3.63) is 0 Å². The van der Waals surface area contributed by atoms with Crippen LogP contribution in [0.4, 0.5) is 0 Å². The van der Waals surface area contributed by atoms with Crippen LogP contribution in [0, 0.1) is 0 Å². The van der Waals surface area contributed by atoms with Crippen LogP contribution < -0.4 is 11.1 Å². The summed E-state index contributed by atoms with van der Waals surface area (Å²) in [5.74, 6) is 0.0359. The number of carbonyl (C=O) groups excluding carboxylic acids is 1. The van der Waals surface area contributed by atoms with Crippen LogP contribution >= 0.6 is 0 Å². The molecule has 0 heterocycles. The molecule has 0 bridgehead atoms. The summed E-state index contributed by atoms with van der Waals surface area (Å²) >= 11 is 0. The van der Waals surface area contributed by atoms with Gasteiger partial charge in [-0.15, -0.1) is 0 Å². The highest BCUT2D eigenvalue weighted by molar-refractivity contribution is 5.81. The maximum absolute atomic E-state index is 11.5. The van der Waals surface area contributed by atoms with Gasteiger partial charge in [-0.1, -0.05) is 26.2 Å². The monoisotopic (exact) mass is 184 g/mol. The molecule has 0 radical (unpaired) electrons. The van der Waals surface area contributed by atoms with Crippen molar-refractivity contribution in [1.82, 2.24) is 5.32 Å². The third-order valence-corrected chi connectivity index (χ3v) is 2.64. The molecular weight excluding hydrogens is 164 g/mol. The zero-order valence-electron chi connectivity index (χ0n) is 8.38. The molecular formula is C10H20N2O. The molecule has 1 atom stereocenters. The van der Waals surface area contributed by atoms with Gasteiger partial charge in [-0.3, -0.25) is 4.79 Å². The number of amides is 1. The molecule has 76 valence electrons. The molecule has 0 saturated heterocycles. The van der Waals surface area contributed by atoms with Gasteiger partial charge in [0.05, 0.1) is 6.04 Å². The molecule has 0 aromatic heterocycles. The van der Waals surface area contributed by atoms with Crippen LogP contribution in [0.25, 0.3) is 0 Å². The van der Waals surface area contributed by atoms with Crippen LogP contribution in [0.1, 0.15) is 45.4 Å². The number of nitrogens with one attached hydrogen (secondary N) is 1. The first-order valence-corrected chi connectivity index (χ1v) is 5.30. The fraction of sp³-hybridized carbons (Fsp3) is 0.900. The first kappa shape index (κ1) is 10.5.